The molecule has 7 heteroatoms. The molecule has 3 heterocycles. The highest BCUT2D eigenvalue weighted by Gasteiger charge is 2.32. The predicted octanol–water partition coefficient (Wildman–Crippen LogP) is 2.36. The van der Waals surface area contributed by atoms with Crippen molar-refractivity contribution in [3.8, 4) is 0 Å². The Morgan fingerprint density at radius 1 is 1.35 bits per heavy atom. The number of likely N-dealkylation sites (tertiary alicyclic amines) is 1. The van der Waals surface area contributed by atoms with Crippen LogP contribution in [0.4, 0.5) is 0 Å². The molecule has 0 saturated carbocycles. The second-order valence-electron chi connectivity index (χ2n) is 6.90. The maximum Gasteiger partial charge on any atom is 0.291 e. The molecule has 2 aromatic rings. The van der Waals surface area contributed by atoms with Gasteiger partial charge in [-0.25, -0.2) is 4.98 Å². The third kappa shape index (κ3) is 4.09. The van der Waals surface area contributed by atoms with Crippen LogP contribution in [0.1, 0.15) is 42.8 Å². The molecule has 138 valence electrons. The monoisotopic (exact) mass is 356 g/mol. The molecule has 0 aliphatic carbocycles. The van der Waals surface area contributed by atoms with Crippen molar-refractivity contribution in [3.05, 3.63) is 48.4 Å². The van der Waals surface area contributed by atoms with Gasteiger partial charge in [0.15, 0.2) is 6.39 Å². The van der Waals surface area contributed by atoms with Crippen LogP contribution in [-0.2, 0) is 11.3 Å². The first kappa shape index (κ1) is 18.1. The molecule has 0 bridgehead atoms. The van der Waals surface area contributed by atoms with E-state index in [1.807, 2.05) is 30.9 Å². The number of nitrogens with zero attached hydrogens (tertiary/aromatic N) is 4. The van der Waals surface area contributed by atoms with Crippen LogP contribution in [0, 0.1) is 5.92 Å². The molecule has 2 amide bonds. The summed E-state index contributed by atoms with van der Waals surface area (Å²) in [4.78, 5) is 37.0. The summed E-state index contributed by atoms with van der Waals surface area (Å²) in [5, 5.41) is 0. The third-order valence-electron chi connectivity index (χ3n) is 4.62. The summed E-state index contributed by atoms with van der Waals surface area (Å²) in [5.74, 6) is 0.0463. The fraction of sp³-hybridized carbons (Fsp3) is 0.474. The number of amides is 2. The average Bonchev–Trinajstić information content (AvgIpc) is 3.20. The van der Waals surface area contributed by atoms with Gasteiger partial charge >= 0.3 is 0 Å². The van der Waals surface area contributed by atoms with E-state index < -0.39 is 0 Å². The van der Waals surface area contributed by atoms with Crippen molar-refractivity contribution in [2.75, 3.05) is 13.1 Å². The number of aromatic nitrogens is 2. The Morgan fingerprint density at radius 2 is 2.19 bits per heavy atom. The molecule has 0 N–H and O–H groups in total. The van der Waals surface area contributed by atoms with E-state index in [0.29, 0.717) is 19.6 Å². The van der Waals surface area contributed by atoms with Crippen molar-refractivity contribution in [1.29, 1.82) is 0 Å². The highest BCUT2D eigenvalue weighted by molar-refractivity contribution is 5.91. The van der Waals surface area contributed by atoms with Crippen LogP contribution in [0.3, 0.4) is 0 Å². The molecule has 0 aromatic carbocycles. The van der Waals surface area contributed by atoms with Gasteiger partial charge in [-0.15, -0.1) is 0 Å². The smallest absolute Gasteiger partial charge is 0.291 e. The topological polar surface area (TPSA) is 79.5 Å². The van der Waals surface area contributed by atoms with E-state index in [2.05, 4.69) is 9.97 Å². The molecule has 1 saturated heterocycles. The van der Waals surface area contributed by atoms with Gasteiger partial charge in [-0.2, -0.15) is 0 Å². The highest BCUT2D eigenvalue weighted by atomic mass is 16.3. The molecule has 3 rings (SSSR count). The Bertz CT molecular complexity index is 731. The first-order chi connectivity index (χ1) is 12.6. The molecule has 1 aliphatic rings. The lowest BCUT2D eigenvalue weighted by Crippen LogP contribution is -2.52. The predicted molar refractivity (Wildman–Crippen MR) is 95.1 cm³/mol. The second kappa shape index (κ2) is 8.12. The Morgan fingerprint density at radius 3 is 2.85 bits per heavy atom. The van der Waals surface area contributed by atoms with E-state index >= 15 is 0 Å². The summed E-state index contributed by atoms with van der Waals surface area (Å²) >= 11 is 0. The molecule has 0 spiro atoms. The minimum atomic E-state index is -0.175. The number of carbonyl (C=O) groups excluding carboxylic acids is 2. The molecule has 2 aromatic heterocycles. The standard InChI is InChI=1S/C19H24N4O3/c1-14(2)18(24)23(11-15-5-3-7-20-9-15)16-6-4-8-22(12-16)19(25)17-10-21-13-26-17/h3,5,7,9-10,13-14,16H,4,6,8,11-12H2,1-2H3. The zero-order valence-electron chi connectivity index (χ0n) is 15.2. The number of rotatable bonds is 5. The van der Waals surface area contributed by atoms with Crippen LogP contribution >= 0.6 is 0 Å². The fourth-order valence-corrected chi connectivity index (χ4v) is 3.28. The highest BCUT2D eigenvalue weighted by Crippen LogP contribution is 2.22. The van der Waals surface area contributed by atoms with E-state index in [1.54, 1.807) is 17.3 Å². The largest absolute Gasteiger partial charge is 0.438 e. The number of hydrogen-bond acceptors (Lipinski definition) is 5. The molecule has 7 nitrogen and oxygen atoms in total. The van der Waals surface area contributed by atoms with E-state index in [-0.39, 0.29) is 29.5 Å². The van der Waals surface area contributed by atoms with E-state index in [9.17, 15) is 9.59 Å². The van der Waals surface area contributed by atoms with Gasteiger partial charge in [-0.3, -0.25) is 14.6 Å². The van der Waals surface area contributed by atoms with Gasteiger partial charge < -0.3 is 14.2 Å². The molecule has 1 unspecified atom stereocenters. The lowest BCUT2D eigenvalue weighted by molar-refractivity contribution is -0.138. The average molecular weight is 356 g/mol. The van der Waals surface area contributed by atoms with Gasteiger partial charge in [-0.1, -0.05) is 19.9 Å². The van der Waals surface area contributed by atoms with Crippen molar-refractivity contribution >= 4 is 11.8 Å². The van der Waals surface area contributed by atoms with Crippen LogP contribution in [0.5, 0.6) is 0 Å². The van der Waals surface area contributed by atoms with Crippen LogP contribution in [0.15, 0.2) is 41.5 Å². The molecular formula is C19H24N4O3. The Labute approximate surface area is 153 Å². The van der Waals surface area contributed by atoms with E-state index in [1.165, 1.54) is 12.6 Å². The van der Waals surface area contributed by atoms with Crippen LogP contribution in [-0.4, -0.2) is 50.7 Å². The number of oxazole rings is 1. The van der Waals surface area contributed by atoms with Crippen LogP contribution < -0.4 is 0 Å². The molecular weight excluding hydrogens is 332 g/mol. The molecule has 1 aliphatic heterocycles. The lowest BCUT2D eigenvalue weighted by atomic mass is 10.0. The number of hydrogen-bond donors (Lipinski definition) is 0. The first-order valence-corrected chi connectivity index (χ1v) is 8.93. The van der Waals surface area contributed by atoms with Gasteiger partial charge in [0.1, 0.15) is 0 Å². The van der Waals surface area contributed by atoms with Gasteiger partial charge in [0.05, 0.1) is 6.20 Å². The quantitative estimate of drug-likeness (QED) is 0.822. The fourth-order valence-electron chi connectivity index (χ4n) is 3.28. The van der Waals surface area contributed by atoms with Crippen molar-refractivity contribution in [2.45, 2.75) is 39.3 Å². The van der Waals surface area contributed by atoms with Gasteiger partial charge in [0.2, 0.25) is 11.7 Å². The molecule has 1 atom stereocenters. The summed E-state index contributed by atoms with van der Waals surface area (Å²) in [7, 11) is 0. The zero-order valence-corrected chi connectivity index (χ0v) is 15.2. The lowest BCUT2D eigenvalue weighted by Gasteiger charge is -2.40. The summed E-state index contributed by atoms with van der Waals surface area (Å²) in [6.45, 7) is 5.46. The van der Waals surface area contributed by atoms with Crippen molar-refractivity contribution in [2.24, 2.45) is 5.92 Å². The minimum Gasteiger partial charge on any atom is -0.438 e. The number of piperidine rings is 1. The van der Waals surface area contributed by atoms with Crippen LogP contribution in [0.25, 0.3) is 0 Å². The molecule has 0 radical (unpaired) electrons. The van der Waals surface area contributed by atoms with E-state index in [4.69, 9.17) is 4.42 Å². The van der Waals surface area contributed by atoms with Crippen molar-refractivity contribution in [1.82, 2.24) is 19.8 Å². The number of pyridine rings is 1. The summed E-state index contributed by atoms with van der Waals surface area (Å²) in [6.07, 6.45) is 7.90. The Hall–Kier alpha value is -2.70. The van der Waals surface area contributed by atoms with Crippen LogP contribution in [0.2, 0.25) is 0 Å². The Kier molecular flexibility index (Phi) is 5.65. The SMILES string of the molecule is CC(C)C(=O)N(Cc1cccnc1)C1CCCN(C(=O)c2cnco2)C1. The zero-order chi connectivity index (χ0) is 18.5. The Balaban J connectivity index is 1.77. The first-order valence-electron chi connectivity index (χ1n) is 8.93. The van der Waals surface area contributed by atoms with E-state index in [0.717, 1.165) is 18.4 Å². The number of carbonyl (C=O) groups is 2. The van der Waals surface area contributed by atoms with Gasteiger partial charge in [0, 0.05) is 44.0 Å². The normalized spacial score (nSPS) is 17.3. The summed E-state index contributed by atoms with van der Waals surface area (Å²) in [5.41, 5.74) is 0.986. The van der Waals surface area contributed by atoms with Gasteiger partial charge in [-0.05, 0) is 24.5 Å². The second-order valence-corrected chi connectivity index (χ2v) is 6.90. The summed E-state index contributed by atoms with van der Waals surface area (Å²) in [6, 6.07) is 3.81. The van der Waals surface area contributed by atoms with Crippen molar-refractivity contribution < 1.29 is 14.0 Å². The third-order valence-corrected chi connectivity index (χ3v) is 4.62. The summed E-state index contributed by atoms with van der Waals surface area (Å²) < 4.78 is 5.13. The maximum atomic E-state index is 12.8. The van der Waals surface area contributed by atoms with Gasteiger partial charge in [0.25, 0.3) is 5.91 Å². The van der Waals surface area contributed by atoms with Crippen molar-refractivity contribution in [3.63, 3.8) is 0 Å². The maximum absolute atomic E-state index is 12.8. The minimum absolute atomic E-state index is 0.0225. The molecule has 26 heavy (non-hydrogen) atoms. The molecule has 1 fully saturated rings.